The molecular weight excluding hydrogens is 263 g/mol. The predicted octanol–water partition coefficient (Wildman–Crippen LogP) is 5.51. The van der Waals surface area contributed by atoms with Crippen molar-refractivity contribution in [1.82, 2.24) is 0 Å². The number of hydrogen-bond donors (Lipinski definition) is 0. The van der Waals surface area contributed by atoms with Gasteiger partial charge in [-0.15, -0.1) is 23.2 Å². The van der Waals surface area contributed by atoms with Crippen LogP contribution >= 0.6 is 23.2 Å². The number of hydrogen-bond acceptors (Lipinski definition) is 0. The third-order valence-corrected chi connectivity index (χ3v) is 4.10. The van der Waals surface area contributed by atoms with Gasteiger partial charge in [0.1, 0.15) is 0 Å². The van der Waals surface area contributed by atoms with Gasteiger partial charge in [-0.05, 0) is 33.2 Å². The summed E-state index contributed by atoms with van der Waals surface area (Å²) < 4.78 is 0. The molecule has 1 unspecified atom stereocenters. The van der Waals surface area contributed by atoms with Gasteiger partial charge in [-0.25, -0.2) is 0 Å². The molecule has 2 heteroatoms. The van der Waals surface area contributed by atoms with Gasteiger partial charge in [0.05, 0.1) is 5.38 Å². The van der Waals surface area contributed by atoms with Crippen LogP contribution in [-0.4, -0.2) is 5.88 Å². The van der Waals surface area contributed by atoms with Crippen LogP contribution < -0.4 is 0 Å². The summed E-state index contributed by atoms with van der Waals surface area (Å²) in [5, 5.41) is 4.64. The van der Waals surface area contributed by atoms with E-state index in [1.165, 1.54) is 21.5 Å². The standard InChI is InChI=1S/C16H12Cl2/c17-10-15(18)16-13-7-3-1-5-11(13)9-12-6-2-4-8-14(12)16/h1-9,15H,10H2. The van der Waals surface area contributed by atoms with Crippen molar-refractivity contribution in [2.45, 2.75) is 5.38 Å². The molecule has 0 saturated carbocycles. The highest BCUT2D eigenvalue weighted by Crippen LogP contribution is 2.36. The minimum Gasteiger partial charge on any atom is -0.125 e. The Morgan fingerprint density at radius 2 is 1.33 bits per heavy atom. The molecule has 0 aromatic heterocycles. The first-order valence-corrected chi connectivity index (χ1v) is 6.89. The lowest BCUT2D eigenvalue weighted by Crippen LogP contribution is -1.95. The molecule has 0 aliphatic rings. The van der Waals surface area contributed by atoms with Crippen LogP contribution in [-0.2, 0) is 0 Å². The minimum atomic E-state index is -0.164. The van der Waals surface area contributed by atoms with Crippen LogP contribution in [0.2, 0.25) is 0 Å². The molecule has 0 nitrogen and oxygen atoms in total. The Hall–Kier alpha value is -1.24. The SMILES string of the molecule is ClCC(Cl)c1c2ccccc2cc2ccccc12. The van der Waals surface area contributed by atoms with E-state index in [-0.39, 0.29) is 5.38 Å². The first kappa shape index (κ1) is 11.8. The molecule has 0 radical (unpaired) electrons. The molecule has 0 aliphatic carbocycles. The molecule has 18 heavy (non-hydrogen) atoms. The maximum atomic E-state index is 6.42. The summed E-state index contributed by atoms with van der Waals surface area (Å²) in [6, 6.07) is 18.8. The van der Waals surface area contributed by atoms with Crippen molar-refractivity contribution in [3.8, 4) is 0 Å². The van der Waals surface area contributed by atoms with Gasteiger partial charge in [0, 0.05) is 5.88 Å². The molecule has 0 N–H and O–H groups in total. The summed E-state index contributed by atoms with van der Waals surface area (Å²) >= 11 is 12.4. The Morgan fingerprint density at radius 1 is 0.833 bits per heavy atom. The van der Waals surface area contributed by atoms with Crippen LogP contribution in [0, 0.1) is 0 Å². The number of fused-ring (bicyclic) bond motifs is 2. The summed E-state index contributed by atoms with van der Waals surface area (Å²) in [6.07, 6.45) is 0. The molecule has 3 rings (SSSR count). The van der Waals surface area contributed by atoms with Gasteiger partial charge < -0.3 is 0 Å². The quantitative estimate of drug-likeness (QED) is 0.427. The second kappa shape index (κ2) is 4.79. The van der Waals surface area contributed by atoms with Gasteiger partial charge in [-0.3, -0.25) is 0 Å². The van der Waals surface area contributed by atoms with Crippen molar-refractivity contribution >= 4 is 44.7 Å². The second-order valence-electron chi connectivity index (χ2n) is 4.35. The number of benzene rings is 3. The van der Waals surface area contributed by atoms with E-state index in [1.807, 2.05) is 24.3 Å². The second-order valence-corrected chi connectivity index (χ2v) is 5.19. The van der Waals surface area contributed by atoms with Crippen LogP contribution in [0.4, 0.5) is 0 Å². The van der Waals surface area contributed by atoms with Crippen molar-refractivity contribution in [3.63, 3.8) is 0 Å². The summed E-state index contributed by atoms with van der Waals surface area (Å²) in [7, 11) is 0. The van der Waals surface area contributed by atoms with E-state index in [2.05, 4.69) is 30.3 Å². The van der Waals surface area contributed by atoms with Crippen LogP contribution in [0.15, 0.2) is 54.6 Å². The van der Waals surface area contributed by atoms with Gasteiger partial charge in [0.2, 0.25) is 0 Å². The first-order valence-electron chi connectivity index (χ1n) is 5.91. The minimum absolute atomic E-state index is 0.164. The Morgan fingerprint density at radius 3 is 1.83 bits per heavy atom. The molecule has 0 saturated heterocycles. The van der Waals surface area contributed by atoms with Crippen LogP contribution in [0.25, 0.3) is 21.5 Å². The average Bonchev–Trinajstić information content (AvgIpc) is 2.44. The maximum absolute atomic E-state index is 6.42. The highest BCUT2D eigenvalue weighted by Gasteiger charge is 2.14. The zero-order valence-electron chi connectivity index (χ0n) is 9.74. The molecular formula is C16H12Cl2. The number of alkyl halides is 2. The van der Waals surface area contributed by atoms with E-state index in [0.717, 1.165) is 5.56 Å². The number of halogens is 2. The lowest BCUT2D eigenvalue weighted by Gasteiger charge is -2.14. The normalized spacial score (nSPS) is 13.0. The fourth-order valence-electron chi connectivity index (χ4n) is 2.46. The van der Waals surface area contributed by atoms with Crippen molar-refractivity contribution in [3.05, 3.63) is 60.2 Å². The Kier molecular flexibility index (Phi) is 3.15. The molecule has 0 amide bonds. The lowest BCUT2D eigenvalue weighted by molar-refractivity contribution is 1.13. The fraction of sp³-hybridized carbons (Fsp3) is 0.125. The van der Waals surface area contributed by atoms with Crippen molar-refractivity contribution in [1.29, 1.82) is 0 Å². The predicted molar refractivity (Wildman–Crippen MR) is 80.8 cm³/mol. The van der Waals surface area contributed by atoms with Crippen LogP contribution in [0.3, 0.4) is 0 Å². The average molecular weight is 275 g/mol. The summed E-state index contributed by atoms with van der Waals surface area (Å²) in [6.45, 7) is 0. The monoisotopic (exact) mass is 274 g/mol. The van der Waals surface area contributed by atoms with E-state index in [9.17, 15) is 0 Å². The highest BCUT2D eigenvalue weighted by molar-refractivity contribution is 6.29. The van der Waals surface area contributed by atoms with Gasteiger partial charge in [0.15, 0.2) is 0 Å². The highest BCUT2D eigenvalue weighted by atomic mass is 35.5. The van der Waals surface area contributed by atoms with Crippen molar-refractivity contribution < 1.29 is 0 Å². The molecule has 90 valence electrons. The largest absolute Gasteiger partial charge is 0.125 e. The molecule has 0 fully saturated rings. The molecule has 1 atom stereocenters. The van der Waals surface area contributed by atoms with Gasteiger partial charge in [-0.1, -0.05) is 48.5 Å². The Bertz CT molecular complexity index is 650. The summed E-state index contributed by atoms with van der Waals surface area (Å²) in [4.78, 5) is 0. The Balaban J connectivity index is 2.49. The molecule has 3 aromatic rings. The first-order chi connectivity index (χ1) is 8.81. The van der Waals surface area contributed by atoms with Gasteiger partial charge in [-0.2, -0.15) is 0 Å². The smallest absolute Gasteiger partial charge is 0.0732 e. The molecule has 0 spiro atoms. The van der Waals surface area contributed by atoms with Crippen LogP contribution in [0.1, 0.15) is 10.9 Å². The fourth-order valence-corrected chi connectivity index (χ4v) is 2.85. The molecule has 0 bridgehead atoms. The lowest BCUT2D eigenvalue weighted by atomic mass is 9.95. The zero-order chi connectivity index (χ0) is 12.5. The summed E-state index contributed by atoms with van der Waals surface area (Å²) in [5.41, 5.74) is 1.14. The van der Waals surface area contributed by atoms with E-state index in [0.29, 0.717) is 5.88 Å². The van der Waals surface area contributed by atoms with E-state index in [4.69, 9.17) is 23.2 Å². The maximum Gasteiger partial charge on any atom is 0.0732 e. The topological polar surface area (TPSA) is 0 Å². The molecule has 3 aromatic carbocycles. The van der Waals surface area contributed by atoms with E-state index < -0.39 is 0 Å². The molecule has 0 heterocycles. The van der Waals surface area contributed by atoms with E-state index in [1.54, 1.807) is 0 Å². The third kappa shape index (κ3) is 1.86. The Labute approximate surface area is 116 Å². The van der Waals surface area contributed by atoms with Crippen LogP contribution in [0.5, 0.6) is 0 Å². The van der Waals surface area contributed by atoms with Crippen molar-refractivity contribution in [2.24, 2.45) is 0 Å². The van der Waals surface area contributed by atoms with Gasteiger partial charge in [0.25, 0.3) is 0 Å². The summed E-state index contributed by atoms with van der Waals surface area (Å²) in [5.74, 6) is 0.416. The third-order valence-electron chi connectivity index (χ3n) is 3.26. The van der Waals surface area contributed by atoms with E-state index >= 15 is 0 Å². The van der Waals surface area contributed by atoms with Crippen molar-refractivity contribution in [2.75, 3.05) is 5.88 Å². The number of rotatable bonds is 2. The molecule has 0 aliphatic heterocycles. The zero-order valence-corrected chi connectivity index (χ0v) is 11.2. The van der Waals surface area contributed by atoms with Gasteiger partial charge >= 0.3 is 0 Å².